The van der Waals surface area contributed by atoms with Crippen molar-refractivity contribution in [2.45, 2.75) is 13.8 Å². The number of aryl methyl sites for hydroxylation is 2. The van der Waals surface area contributed by atoms with Gasteiger partial charge in [-0.3, -0.25) is 0 Å². The van der Waals surface area contributed by atoms with Crippen LogP contribution in [0.4, 0.5) is 0 Å². The van der Waals surface area contributed by atoms with Gasteiger partial charge in [-0.25, -0.2) is 9.97 Å². The highest BCUT2D eigenvalue weighted by molar-refractivity contribution is 6.28. The van der Waals surface area contributed by atoms with Crippen molar-refractivity contribution >= 4 is 22.8 Å². The van der Waals surface area contributed by atoms with Crippen molar-refractivity contribution in [3.63, 3.8) is 0 Å². The fraction of sp³-hybridized carbons (Fsp3) is 0.286. The van der Waals surface area contributed by atoms with Crippen LogP contribution in [0.15, 0.2) is 4.42 Å². The Balaban J connectivity index is 2.88. The highest BCUT2D eigenvalue weighted by Gasteiger charge is 2.08. The maximum absolute atomic E-state index is 5.62. The molecule has 4 nitrogen and oxygen atoms in total. The van der Waals surface area contributed by atoms with E-state index >= 15 is 0 Å². The number of hydrogen-bond acceptors (Lipinski definition) is 4. The SMILES string of the molecule is Cc1nc2c(C)nc(Cl)nc2o1. The quantitative estimate of drug-likeness (QED) is 0.586. The molecule has 2 rings (SSSR count). The summed E-state index contributed by atoms with van der Waals surface area (Å²) in [4.78, 5) is 11.9. The van der Waals surface area contributed by atoms with E-state index in [-0.39, 0.29) is 5.28 Å². The fourth-order valence-corrected chi connectivity index (χ4v) is 1.23. The Bertz CT molecular complexity index is 437. The van der Waals surface area contributed by atoms with E-state index in [0.717, 1.165) is 5.69 Å². The van der Waals surface area contributed by atoms with Gasteiger partial charge in [0.2, 0.25) is 5.28 Å². The van der Waals surface area contributed by atoms with Crippen molar-refractivity contribution in [2.75, 3.05) is 0 Å². The van der Waals surface area contributed by atoms with Crippen molar-refractivity contribution in [1.29, 1.82) is 0 Å². The molecule has 0 aliphatic heterocycles. The van der Waals surface area contributed by atoms with Gasteiger partial charge in [0.25, 0.3) is 5.71 Å². The van der Waals surface area contributed by atoms with Crippen LogP contribution < -0.4 is 0 Å². The molecule has 0 aromatic carbocycles. The van der Waals surface area contributed by atoms with Gasteiger partial charge in [0.05, 0.1) is 5.69 Å². The number of fused-ring (bicyclic) bond motifs is 1. The van der Waals surface area contributed by atoms with Crippen molar-refractivity contribution in [3.05, 3.63) is 16.9 Å². The molecular formula is C7H6ClN3O. The van der Waals surface area contributed by atoms with Crippen molar-refractivity contribution in [1.82, 2.24) is 15.0 Å². The van der Waals surface area contributed by atoms with Gasteiger partial charge in [-0.1, -0.05) is 0 Å². The number of aromatic nitrogens is 3. The minimum Gasteiger partial charge on any atom is -0.422 e. The number of halogens is 1. The Kier molecular flexibility index (Phi) is 1.51. The summed E-state index contributed by atoms with van der Waals surface area (Å²) in [5.74, 6) is 0.574. The van der Waals surface area contributed by atoms with Gasteiger partial charge < -0.3 is 4.42 Å². The van der Waals surface area contributed by atoms with Gasteiger partial charge in [0, 0.05) is 6.92 Å². The smallest absolute Gasteiger partial charge is 0.251 e. The Morgan fingerprint density at radius 3 is 2.67 bits per heavy atom. The van der Waals surface area contributed by atoms with Gasteiger partial charge in [0.1, 0.15) is 0 Å². The molecule has 0 saturated carbocycles. The Hall–Kier alpha value is -1.16. The average molecular weight is 184 g/mol. The molecule has 62 valence electrons. The second-order valence-corrected chi connectivity index (χ2v) is 2.80. The molecule has 0 radical (unpaired) electrons. The third-order valence-electron chi connectivity index (χ3n) is 1.51. The lowest BCUT2D eigenvalue weighted by molar-refractivity contribution is 0.551. The van der Waals surface area contributed by atoms with E-state index < -0.39 is 0 Å². The highest BCUT2D eigenvalue weighted by atomic mass is 35.5. The first-order valence-corrected chi connectivity index (χ1v) is 3.82. The molecule has 0 spiro atoms. The molecule has 0 fully saturated rings. The van der Waals surface area contributed by atoms with Crippen molar-refractivity contribution < 1.29 is 4.42 Å². The number of hydrogen-bond donors (Lipinski definition) is 0. The monoisotopic (exact) mass is 183 g/mol. The molecule has 2 aromatic heterocycles. The molecule has 0 aliphatic rings. The third-order valence-corrected chi connectivity index (χ3v) is 1.68. The molecule has 0 unspecified atom stereocenters. The number of rotatable bonds is 0. The van der Waals surface area contributed by atoms with E-state index in [2.05, 4.69) is 15.0 Å². The summed E-state index contributed by atoms with van der Waals surface area (Å²) in [6.07, 6.45) is 0. The summed E-state index contributed by atoms with van der Waals surface area (Å²) in [7, 11) is 0. The molecule has 0 N–H and O–H groups in total. The predicted molar refractivity (Wildman–Crippen MR) is 44.1 cm³/mol. The standard InChI is InChI=1S/C7H6ClN3O/c1-3-5-6(11-7(8)9-3)12-4(2)10-5/h1-2H3. The Morgan fingerprint density at radius 1 is 1.17 bits per heavy atom. The molecule has 0 saturated heterocycles. The lowest BCUT2D eigenvalue weighted by Crippen LogP contribution is -1.87. The molecule has 12 heavy (non-hydrogen) atoms. The van der Waals surface area contributed by atoms with Crippen LogP contribution in [0, 0.1) is 13.8 Å². The van der Waals surface area contributed by atoms with Crippen molar-refractivity contribution in [3.8, 4) is 0 Å². The van der Waals surface area contributed by atoms with Crippen LogP contribution in [0.5, 0.6) is 0 Å². The van der Waals surface area contributed by atoms with Crippen LogP contribution in [-0.2, 0) is 0 Å². The Labute approximate surface area is 73.6 Å². The van der Waals surface area contributed by atoms with Crippen LogP contribution in [0.1, 0.15) is 11.6 Å². The van der Waals surface area contributed by atoms with Gasteiger partial charge in [-0.2, -0.15) is 4.98 Å². The molecule has 0 amide bonds. The van der Waals surface area contributed by atoms with E-state index in [1.807, 2.05) is 6.92 Å². The van der Waals surface area contributed by atoms with E-state index in [1.165, 1.54) is 0 Å². The highest BCUT2D eigenvalue weighted by Crippen LogP contribution is 2.16. The van der Waals surface area contributed by atoms with E-state index in [9.17, 15) is 0 Å². The van der Waals surface area contributed by atoms with Crippen molar-refractivity contribution in [2.24, 2.45) is 0 Å². The maximum atomic E-state index is 5.62. The number of oxazole rings is 1. The van der Waals surface area contributed by atoms with E-state index in [4.69, 9.17) is 16.0 Å². The molecule has 5 heteroatoms. The average Bonchev–Trinajstić information content (AvgIpc) is 2.29. The lowest BCUT2D eigenvalue weighted by Gasteiger charge is -1.91. The summed E-state index contributed by atoms with van der Waals surface area (Å²) in [6.45, 7) is 3.58. The van der Waals surface area contributed by atoms with Crippen LogP contribution in [0.25, 0.3) is 11.2 Å². The second-order valence-electron chi connectivity index (χ2n) is 2.46. The summed E-state index contributed by atoms with van der Waals surface area (Å²) in [5, 5.41) is 0.191. The second kappa shape index (κ2) is 2.42. The summed E-state index contributed by atoms with van der Waals surface area (Å²) >= 11 is 5.62. The van der Waals surface area contributed by atoms with Crippen LogP contribution >= 0.6 is 11.6 Å². The molecule has 2 aromatic rings. The minimum absolute atomic E-state index is 0.191. The first-order chi connectivity index (χ1) is 5.66. The molecule has 0 aliphatic carbocycles. The maximum Gasteiger partial charge on any atom is 0.251 e. The van der Waals surface area contributed by atoms with Gasteiger partial charge in [0.15, 0.2) is 11.4 Å². The van der Waals surface area contributed by atoms with Crippen LogP contribution in [0.2, 0.25) is 5.28 Å². The summed E-state index contributed by atoms with van der Waals surface area (Å²) < 4.78 is 5.18. The van der Waals surface area contributed by atoms with E-state index in [0.29, 0.717) is 17.1 Å². The third kappa shape index (κ3) is 1.04. The molecule has 0 bridgehead atoms. The first-order valence-electron chi connectivity index (χ1n) is 3.44. The Morgan fingerprint density at radius 2 is 1.92 bits per heavy atom. The topological polar surface area (TPSA) is 51.8 Å². The zero-order chi connectivity index (χ0) is 8.72. The zero-order valence-electron chi connectivity index (χ0n) is 6.63. The van der Waals surface area contributed by atoms with Crippen LogP contribution in [0.3, 0.4) is 0 Å². The van der Waals surface area contributed by atoms with Crippen LogP contribution in [-0.4, -0.2) is 15.0 Å². The summed E-state index contributed by atoms with van der Waals surface area (Å²) in [6, 6.07) is 0. The normalized spacial score (nSPS) is 10.9. The van der Waals surface area contributed by atoms with Gasteiger partial charge in [-0.15, -0.1) is 0 Å². The predicted octanol–water partition coefficient (Wildman–Crippen LogP) is 1.89. The van der Waals surface area contributed by atoms with E-state index in [1.54, 1.807) is 6.92 Å². The first kappa shape index (κ1) is 7.49. The fourth-order valence-electron chi connectivity index (χ4n) is 1.03. The van der Waals surface area contributed by atoms with Gasteiger partial charge >= 0.3 is 0 Å². The minimum atomic E-state index is 0.191. The molecular weight excluding hydrogens is 178 g/mol. The number of nitrogens with zero attached hydrogens (tertiary/aromatic N) is 3. The molecule has 0 atom stereocenters. The summed E-state index contributed by atoms with van der Waals surface area (Å²) in [5.41, 5.74) is 1.86. The molecule has 2 heterocycles. The largest absolute Gasteiger partial charge is 0.422 e. The zero-order valence-corrected chi connectivity index (χ0v) is 7.38. The lowest BCUT2D eigenvalue weighted by atomic mass is 10.4. The van der Waals surface area contributed by atoms with Gasteiger partial charge in [-0.05, 0) is 18.5 Å².